The van der Waals surface area contributed by atoms with Crippen LogP contribution in [0, 0.1) is 0 Å². The SMILES string of the molecule is Clc1ccc2c(c1)[C@@H]1CC(c3ccc4c(c3)OCO4)=NN1[C@H](c1cccnc1)O2. The summed E-state index contributed by atoms with van der Waals surface area (Å²) in [6, 6.07) is 15.6. The molecule has 0 bridgehead atoms. The maximum absolute atomic E-state index is 6.32. The van der Waals surface area contributed by atoms with E-state index in [1.165, 1.54) is 0 Å². The van der Waals surface area contributed by atoms with Crippen LogP contribution in [0.25, 0.3) is 0 Å². The lowest BCUT2D eigenvalue weighted by Crippen LogP contribution is -2.33. The summed E-state index contributed by atoms with van der Waals surface area (Å²) < 4.78 is 17.3. The Balaban J connectivity index is 1.44. The van der Waals surface area contributed by atoms with Crippen molar-refractivity contribution in [3.63, 3.8) is 0 Å². The van der Waals surface area contributed by atoms with Crippen LogP contribution in [0.3, 0.4) is 0 Å². The zero-order chi connectivity index (χ0) is 19.4. The quantitative estimate of drug-likeness (QED) is 0.618. The summed E-state index contributed by atoms with van der Waals surface area (Å²) in [5.41, 5.74) is 3.97. The van der Waals surface area contributed by atoms with Gasteiger partial charge in [0.15, 0.2) is 11.5 Å². The minimum absolute atomic E-state index is 0.0306. The van der Waals surface area contributed by atoms with Gasteiger partial charge in [-0.05, 0) is 42.5 Å². The van der Waals surface area contributed by atoms with Gasteiger partial charge in [0, 0.05) is 40.5 Å². The van der Waals surface area contributed by atoms with Crippen LogP contribution in [-0.4, -0.2) is 22.5 Å². The molecule has 0 aliphatic carbocycles. The number of pyridine rings is 1. The molecular weight excluding hydrogens is 390 g/mol. The Hall–Kier alpha value is -3.25. The molecule has 0 amide bonds. The Kier molecular flexibility index (Phi) is 3.67. The molecule has 0 saturated carbocycles. The van der Waals surface area contributed by atoms with Crippen LogP contribution in [0.4, 0.5) is 0 Å². The van der Waals surface area contributed by atoms with Crippen LogP contribution in [0.5, 0.6) is 17.2 Å². The van der Waals surface area contributed by atoms with Gasteiger partial charge in [-0.1, -0.05) is 17.7 Å². The topological polar surface area (TPSA) is 56.2 Å². The molecule has 1 aromatic heterocycles. The first-order valence-electron chi connectivity index (χ1n) is 9.38. The molecule has 29 heavy (non-hydrogen) atoms. The lowest BCUT2D eigenvalue weighted by atomic mass is 9.96. The van der Waals surface area contributed by atoms with Crippen LogP contribution < -0.4 is 14.2 Å². The molecule has 0 N–H and O–H groups in total. The van der Waals surface area contributed by atoms with E-state index in [1.807, 2.05) is 59.7 Å². The fourth-order valence-electron chi connectivity index (χ4n) is 4.05. The molecule has 4 heterocycles. The monoisotopic (exact) mass is 405 g/mol. The van der Waals surface area contributed by atoms with Gasteiger partial charge >= 0.3 is 0 Å². The Bertz CT molecular complexity index is 1140. The van der Waals surface area contributed by atoms with Crippen molar-refractivity contribution in [2.45, 2.75) is 18.7 Å². The smallest absolute Gasteiger partial charge is 0.231 e. The van der Waals surface area contributed by atoms with Crippen LogP contribution >= 0.6 is 11.6 Å². The molecule has 2 aromatic carbocycles. The fraction of sp³-hybridized carbons (Fsp3) is 0.182. The molecule has 7 heteroatoms. The van der Waals surface area contributed by atoms with Gasteiger partial charge in [0.05, 0.1) is 11.8 Å². The molecule has 0 unspecified atom stereocenters. The summed E-state index contributed by atoms with van der Waals surface area (Å²) in [7, 11) is 0. The van der Waals surface area contributed by atoms with Gasteiger partial charge in [0.25, 0.3) is 0 Å². The van der Waals surface area contributed by atoms with E-state index in [2.05, 4.69) is 4.98 Å². The Labute approximate surface area is 172 Å². The van der Waals surface area contributed by atoms with Crippen LogP contribution in [-0.2, 0) is 0 Å². The molecule has 2 atom stereocenters. The summed E-state index contributed by atoms with van der Waals surface area (Å²) in [5.74, 6) is 2.34. The number of rotatable bonds is 2. The highest BCUT2D eigenvalue weighted by molar-refractivity contribution is 6.30. The largest absolute Gasteiger partial charge is 0.464 e. The number of benzene rings is 2. The molecule has 144 valence electrons. The normalized spacial score (nSPS) is 21.3. The Morgan fingerprint density at radius 1 is 1.00 bits per heavy atom. The molecule has 3 aromatic rings. The van der Waals surface area contributed by atoms with Crippen molar-refractivity contribution in [2.24, 2.45) is 5.10 Å². The van der Waals surface area contributed by atoms with E-state index >= 15 is 0 Å². The van der Waals surface area contributed by atoms with Crippen LogP contribution in [0.1, 0.15) is 35.4 Å². The van der Waals surface area contributed by atoms with Crippen molar-refractivity contribution in [3.05, 3.63) is 82.6 Å². The Morgan fingerprint density at radius 3 is 2.79 bits per heavy atom. The molecule has 6 nitrogen and oxygen atoms in total. The minimum Gasteiger partial charge on any atom is -0.464 e. The van der Waals surface area contributed by atoms with Gasteiger partial charge in [-0.2, -0.15) is 5.10 Å². The maximum atomic E-state index is 6.32. The second kappa shape index (κ2) is 6.39. The van der Waals surface area contributed by atoms with Crippen molar-refractivity contribution in [1.82, 2.24) is 9.99 Å². The van der Waals surface area contributed by atoms with E-state index in [0.717, 1.165) is 46.1 Å². The van der Waals surface area contributed by atoms with Gasteiger partial charge in [0.2, 0.25) is 13.0 Å². The highest BCUT2D eigenvalue weighted by Crippen LogP contribution is 2.48. The van der Waals surface area contributed by atoms with Crippen molar-refractivity contribution >= 4 is 17.3 Å². The molecule has 6 rings (SSSR count). The van der Waals surface area contributed by atoms with Crippen molar-refractivity contribution in [3.8, 4) is 17.2 Å². The Morgan fingerprint density at radius 2 is 1.90 bits per heavy atom. The number of halogens is 1. The van der Waals surface area contributed by atoms with E-state index in [0.29, 0.717) is 5.02 Å². The van der Waals surface area contributed by atoms with Gasteiger partial charge in [-0.3, -0.25) is 4.98 Å². The van der Waals surface area contributed by atoms with E-state index in [4.69, 9.17) is 30.9 Å². The minimum atomic E-state index is -0.353. The van der Waals surface area contributed by atoms with Crippen molar-refractivity contribution in [2.75, 3.05) is 6.79 Å². The number of hydrogen-bond donors (Lipinski definition) is 0. The third kappa shape index (κ3) is 2.71. The van der Waals surface area contributed by atoms with E-state index in [1.54, 1.807) is 6.20 Å². The number of fused-ring (bicyclic) bond motifs is 4. The number of ether oxygens (including phenoxy) is 3. The molecular formula is C22H16ClN3O3. The lowest BCUT2D eigenvalue weighted by molar-refractivity contribution is -0.0192. The zero-order valence-corrected chi connectivity index (χ0v) is 16.0. The fourth-order valence-corrected chi connectivity index (χ4v) is 4.23. The lowest BCUT2D eigenvalue weighted by Gasteiger charge is -2.38. The first-order chi connectivity index (χ1) is 14.3. The highest BCUT2D eigenvalue weighted by Gasteiger charge is 2.41. The van der Waals surface area contributed by atoms with Crippen molar-refractivity contribution in [1.29, 1.82) is 0 Å². The maximum Gasteiger partial charge on any atom is 0.231 e. The average molecular weight is 406 g/mol. The first kappa shape index (κ1) is 16.7. The number of nitrogens with zero attached hydrogens (tertiary/aromatic N) is 3. The van der Waals surface area contributed by atoms with Crippen LogP contribution in [0.15, 0.2) is 66.0 Å². The third-order valence-corrected chi connectivity index (χ3v) is 5.66. The number of hydrazone groups is 1. The van der Waals surface area contributed by atoms with Gasteiger partial charge < -0.3 is 14.2 Å². The van der Waals surface area contributed by atoms with Gasteiger partial charge in [0.1, 0.15) is 5.75 Å². The molecule has 3 aliphatic heterocycles. The van der Waals surface area contributed by atoms with E-state index < -0.39 is 0 Å². The van der Waals surface area contributed by atoms with Crippen molar-refractivity contribution < 1.29 is 14.2 Å². The van der Waals surface area contributed by atoms with Crippen LogP contribution in [0.2, 0.25) is 5.02 Å². The van der Waals surface area contributed by atoms with Gasteiger partial charge in [-0.25, -0.2) is 5.01 Å². The standard InChI is InChI=1S/C22H16ClN3O3/c23-15-4-6-19-16(9-15)18-10-17(13-3-5-20-21(8-13)28-12-27-20)25-26(18)22(29-19)14-2-1-7-24-11-14/h1-9,11,18,22H,10,12H2/t18-,22-/m0/s1. The number of aromatic nitrogens is 1. The third-order valence-electron chi connectivity index (χ3n) is 5.43. The second-order valence-electron chi connectivity index (χ2n) is 7.15. The summed E-state index contributed by atoms with van der Waals surface area (Å²) in [4.78, 5) is 4.25. The molecule has 0 spiro atoms. The van der Waals surface area contributed by atoms with E-state index in [-0.39, 0.29) is 19.1 Å². The molecule has 3 aliphatic rings. The summed E-state index contributed by atoms with van der Waals surface area (Å²) >= 11 is 6.29. The second-order valence-corrected chi connectivity index (χ2v) is 7.59. The molecule has 0 fully saturated rings. The summed E-state index contributed by atoms with van der Waals surface area (Å²) in [6.45, 7) is 0.253. The predicted molar refractivity (Wildman–Crippen MR) is 107 cm³/mol. The zero-order valence-electron chi connectivity index (χ0n) is 15.3. The number of hydrogen-bond acceptors (Lipinski definition) is 6. The predicted octanol–water partition coefficient (Wildman–Crippen LogP) is 4.71. The first-order valence-corrected chi connectivity index (χ1v) is 9.76. The summed E-state index contributed by atoms with van der Waals surface area (Å²) in [5, 5.41) is 7.64. The highest BCUT2D eigenvalue weighted by atomic mass is 35.5. The summed E-state index contributed by atoms with van der Waals surface area (Å²) in [6.07, 6.45) is 3.96. The molecule has 0 saturated heterocycles. The van der Waals surface area contributed by atoms with E-state index in [9.17, 15) is 0 Å². The van der Waals surface area contributed by atoms with Gasteiger partial charge in [-0.15, -0.1) is 0 Å². The molecule has 0 radical (unpaired) electrons. The average Bonchev–Trinajstić information content (AvgIpc) is 3.40.